The summed E-state index contributed by atoms with van der Waals surface area (Å²) in [7, 11) is 0. The van der Waals surface area contributed by atoms with Gasteiger partial charge >= 0.3 is 0 Å². The van der Waals surface area contributed by atoms with E-state index in [2.05, 4.69) is 16.9 Å². The van der Waals surface area contributed by atoms with Gasteiger partial charge in [-0.25, -0.2) is 14.4 Å². The smallest absolute Gasteiger partial charge is 0.130 e. The van der Waals surface area contributed by atoms with Crippen molar-refractivity contribution in [2.75, 3.05) is 5.73 Å². The Hall–Kier alpha value is -1.97. The summed E-state index contributed by atoms with van der Waals surface area (Å²) in [6, 6.07) is 4.69. The Morgan fingerprint density at radius 1 is 1.28 bits per heavy atom. The monoisotopic (exact) mass is 245 g/mol. The molecule has 0 unspecified atom stereocenters. The molecule has 0 amide bonds. The zero-order valence-corrected chi connectivity index (χ0v) is 10.6. The van der Waals surface area contributed by atoms with Crippen LogP contribution in [-0.4, -0.2) is 9.97 Å². The van der Waals surface area contributed by atoms with Gasteiger partial charge in [-0.15, -0.1) is 0 Å². The van der Waals surface area contributed by atoms with Crippen molar-refractivity contribution >= 4 is 5.82 Å². The number of nitrogens with two attached hydrogens (primary N) is 1. The number of aryl methyl sites for hydroxylation is 1. The van der Waals surface area contributed by atoms with Crippen molar-refractivity contribution in [3.63, 3.8) is 0 Å². The predicted molar refractivity (Wildman–Crippen MR) is 70.6 cm³/mol. The number of benzene rings is 1. The van der Waals surface area contributed by atoms with Gasteiger partial charge in [0.15, 0.2) is 0 Å². The van der Waals surface area contributed by atoms with Crippen LogP contribution in [0.25, 0.3) is 11.3 Å². The van der Waals surface area contributed by atoms with Crippen LogP contribution in [0.4, 0.5) is 10.2 Å². The maximum absolute atomic E-state index is 13.1. The standard InChI is InChI=1S/C14H16FN3/c1-3-4-12-13(17-8-18-14(12)16)11-6-5-10(15)7-9(11)2/h5-8H,3-4H2,1-2H3,(H2,16,17,18). The van der Waals surface area contributed by atoms with E-state index in [1.807, 2.05) is 6.92 Å². The molecule has 18 heavy (non-hydrogen) atoms. The number of hydrogen-bond donors (Lipinski definition) is 1. The van der Waals surface area contributed by atoms with Crippen LogP contribution in [0.2, 0.25) is 0 Å². The molecule has 2 N–H and O–H groups in total. The second-order valence-electron chi connectivity index (χ2n) is 4.30. The van der Waals surface area contributed by atoms with Gasteiger partial charge in [0.1, 0.15) is 18.0 Å². The Balaban J connectivity index is 2.59. The lowest BCUT2D eigenvalue weighted by atomic mass is 9.99. The number of rotatable bonds is 3. The van der Waals surface area contributed by atoms with Gasteiger partial charge in [-0.3, -0.25) is 0 Å². The zero-order chi connectivity index (χ0) is 13.1. The van der Waals surface area contributed by atoms with Crippen molar-refractivity contribution < 1.29 is 4.39 Å². The first kappa shape index (κ1) is 12.5. The number of halogens is 1. The van der Waals surface area contributed by atoms with Crippen molar-refractivity contribution in [2.24, 2.45) is 0 Å². The third-order valence-corrected chi connectivity index (χ3v) is 2.92. The third kappa shape index (κ3) is 2.32. The summed E-state index contributed by atoms with van der Waals surface area (Å²) in [5, 5.41) is 0. The lowest BCUT2D eigenvalue weighted by Gasteiger charge is -2.11. The number of aromatic nitrogens is 2. The number of nitrogen functional groups attached to an aromatic ring is 1. The summed E-state index contributed by atoms with van der Waals surface area (Å²) >= 11 is 0. The molecule has 0 saturated carbocycles. The fourth-order valence-corrected chi connectivity index (χ4v) is 2.05. The van der Waals surface area contributed by atoms with Gasteiger partial charge in [-0.1, -0.05) is 13.3 Å². The van der Waals surface area contributed by atoms with E-state index in [4.69, 9.17) is 5.73 Å². The molecular formula is C14H16FN3. The fourth-order valence-electron chi connectivity index (χ4n) is 2.05. The highest BCUT2D eigenvalue weighted by atomic mass is 19.1. The second kappa shape index (κ2) is 5.12. The summed E-state index contributed by atoms with van der Waals surface area (Å²) in [5.41, 5.74) is 9.41. The molecule has 4 heteroatoms. The highest BCUT2D eigenvalue weighted by Gasteiger charge is 2.12. The van der Waals surface area contributed by atoms with Crippen LogP contribution in [0, 0.1) is 12.7 Å². The van der Waals surface area contributed by atoms with Gasteiger partial charge in [0.25, 0.3) is 0 Å². The molecule has 94 valence electrons. The van der Waals surface area contributed by atoms with E-state index < -0.39 is 0 Å². The minimum Gasteiger partial charge on any atom is -0.383 e. The molecule has 0 aliphatic rings. The molecule has 0 fully saturated rings. The van der Waals surface area contributed by atoms with Crippen LogP contribution in [0.1, 0.15) is 24.5 Å². The number of hydrogen-bond acceptors (Lipinski definition) is 3. The Bertz CT molecular complexity index is 567. The minimum atomic E-state index is -0.240. The van der Waals surface area contributed by atoms with Crippen LogP contribution in [0.15, 0.2) is 24.5 Å². The zero-order valence-electron chi connectivity index (χ0n) is 10.6. The summed E-state index contributed by atoms with van der Waals surface area (Å²) in [4.78, 5) is 8.33. The molecule has 1 aromatic heterocycles. The molecule has 0 atom stereocenters. The van der Waals surface area contributed by atoms with E-state index in [1.54, 1.807) is 6.07 Å². The summed E-state index contributed by atoms with van der Waals surface area (Å²) in [6.45, 7) is 3.94. The van der Waals surface area contributed by atoms with Crippen LogP contribution in [0.3, 0.4) is 0 Å². The molecule has 2 rings (SSSR count). The normalized spacial score (nSPS) is 10.6. The van der Waals surface area contributed by atoms with Crippen LogP contribution < -0.4 is 5.73 Å². The van der Waals surface area contributed by atoms with E-state index in [1.165, 1.54) is 18.5 Å². The number of nitrogens with zero attached hydrogens (tertiary/aromatic N) is 2. The van der Waals surface area contributed by atoms with Gasteiger partial charge in [-0.05, 0) is 37.1 Å². The van der Waals surface area contributed by atoms with Crippen molar-refractivity contribution in [3.05, 3.63) is 41.5 Å². The molecule has 1 heterocycles. The molecule has 0 spiro atoms. The SMILES string of the molecule is CCCc1c(N)ncnc1-c1ccc(F)cc1C. The number of anilines is 1. The van der Waals surface area contributed by atoms with Crippen LogP contribution >= 0.6 is 0 Å². The molecular weight excluding hydrogens is 229 g/mol. The molecule has 2 aromatic rings. The Morgan fingerprint density at radius 2 is 2.06 bits per heavy atom. The van der Waals surface area contributed by atoms with Crippen molar-refractivity contribution in [2.45, 2.75) is 26.7 Å². The van der Waals surface area contributed by atoms with Gasteiger partial charge in [0.05, 0.1) is 5.69 Å². The van der Waals surface area contributed by atoms with Crippen molar-refractivity contribution in [1.82, 2.24) is 9.97 Å². The van der Waals surface area contributed by atoms with E-state index in [-0.39, 0.29) is 5.82 Å². The summed E-state index contributed by atoms with van der Waals surface area (Å²) < 4.78 is 13.1. The fraction of sp³-hybridized carbons (Fsp3) is 0.286. The molecule has 0 bridgehead atoms. The van der Waals surface area contributed by atoms with Gasteiger partial charge in [0.2, 0.25) is 0 Å². The largest absolute Gasteiger partial charge is 0.383 e. The Kier molecular flexibility index (Phi) is 3.55. The van der Waals surface area contributed by atoms with Crippen LogP contribution in [0.5, 0.6) is 0 Å². The quantitative estimate of drug-likeness (QED) is 0.903. The minimum absolute atomic E-state index is 0.240. The highest BCUT2D eigenvalue weighted by Crippen LogP contribution is 2.28. The first-order valence-corrected chi connectivity index (χ1v) is 5.99. The van der Waals surface area contributed by atoms with E-state index in [0.717, 1.165) is 35.2 Å². The lowest BCUT2D eigenvalue weighted by Crippen LogP contribution is -2.03. The summed E-state index contributed by atoms with van der Waals surface area (Å²) in [5.74, 6) is 0.265. The Labute approximate surface area is 106 Å². The molecule has 0 saturated heterocycles. The molecule has 1 aromatic carbocycles. The van der Waals surface area contributed by atoms with Crippen molar-refractivity contribution in [1.29, 1.82) is 0 Å². The van der Waals surface area contributed by atoms with Gasteiger partial charge in [-0.2, -0.15) is 0 Å². The average Bonchev–Trinajstić information content (AvgIpc) is 2.32. The van der Waals surface area contributed by atoms with E-state index >= 15 is 0 Å². The molecule has 0 aliphatic carbocycles. The maximum Gasteiger partial charge on any atom is 0.130 e. The van der Waals surface area contributed by atoms with Crippen LogP contribution in [-0.2, 0) is 6.42 Å². The first-order chi connectivity index (χ1) is 8.63. The van der Waals surface area contributed by atoms with Gasteiger partial charge < -0.3 is 5.73 Å². The predicted octanol–water partition coefficient (Wildman–Crippen LogP) is 3.13. The van der Waals surface area contributed by atoms with Gasteiger partial charge in [0, 0.05) is 11.1 Å². The molecule has 0 radical (unpaired) electrons. The molecule has 3 nitrogen and oxygen atoms in total. The highest BCUT2D eigenvalue weighted by molar-refractivity contribution is 5.70. The average molecular weight is 245 g/mol. The lowest BCUT2D eigenvalue weighted by molar-refractivity contribution is 0.627. The summed E-state index contributed by atoms with van der Waals surface area (Å²) in [6.07, 6.45) is 3.23. The van der Waals surface area contributed by atoms with E-state index in [9.17, 15) is 4.39 Å². The second-order valence-corrected chi connectivity index (χ2v) is 4.30. The first-order valence-electron chi connectivity index (χ1n) is 5.99. The topological polar surface area (TPSA) is 51.8 Å². The molecule has 0 aliphatic heterocycles. The van der Waals surface area contributed by atoms with E-state index in [0.29, 0.717) is 5.82 Å². The maximum atomic E-state index is 13.1. The Morgan fingerprint density at radius 3 is 2.72 bits per heavy atom. The third-order valence-electron chi connectivity index (χ3n) is 2.92. The van der Waals surface area contributed by atoms with Crippen molar-refractivity contribution in [3.8, 4) is 11.3 Å².